The molecular weight excluding hydrogens is 442 g/mol. The van der Waals surface area contributed by atoms with Gasteiger partial charge in [0.1, 0.15) is 5.82 Å². The second kappa shape index (κ2) is 10.2. The number of pyridine rings is 2. The maximum absolute atomic E-state index is 12.6. The van der Waals surface area contributed by atoms with Gasteiger partial charge in [-0.25, -0.2) is 15.0 Å². The van der Waals surface area contributed by atoms with Crippen LogP contribution in [-0.4, -0.2) is 62.7 Å². The van der Waals surface area contributed by atoms with Gasteiger partial charge >= 0.3 is 0 Å². The van der Waals surface area contributed by atoms with Crippen molar-refractivity contribution in [2.45, 2.75) is 25.4 Å². The maximum atomic E-state index is 12.6. The first-order valence-electron chi connectivity index (χ1n) is 11.9. The third-order valence-corrected chi connectivity index (χ3v) is 6.42. The molecule has 0 amide bonds. The smallest absolute Gasteiger partial charge is 0.259 e. The van der Waals surface area contributed by atoms with Crippen molar-refractivity contribution in [2.75, 3.05) is 37.3 Å². The fraction of sp³-hybridized carbons (Fsp3) is 0.308. The van der Waals surface area contributed by atoms with Gasteiger partial charge in [0.15, 0.2) is 0 Å². The van der Waals surface area contributed by atoms with E-state index in [-0.39, 0.29) is 11.7 Å². The summed E-state index contributed by atoms with van der Waals surface area (Å²) >= 11 is 0. The van der Waals surface area contributed by atoms with E-state index in [0.717, 1.165) is 55.5 Å². The van der Waals surface area contributed by atoms with Crippen LogP contribution in [0.25, 0.3) is 22.0 Å². The first kappa shape index (κ1) is 22.9. The third-order valence-electron chi connectivity index (χ3n) is 6.42. The molecule has 0 radical (unpaired) electrons. The predicted molar refractivity (Wildman–Crippen MR) is 138 cm³/mol. The summed E-state index contributed by atoms with van der Waals surface area (Å²) in [5, 5.41) is 17.2. The van der Waals surface area contributed by atoms with Crippen molar-refractivity contribution in [1.29, 1.82) is 0 Å². The van der Waals surface area contributed by atoms with Crippen LogP contribution in [0.15, 0.2) is 59.8 Å². The average Bonchev–Trinajstić information content (AvgIpc) is 2.89. The van der Waals surface area contributed by atoms with Crippen LogP contribution < -0.4 is 16.2 Å². The summed E-state index contributed by atoms with van der Waals surface area (Å²) < 4.78 is 0. The number of aromatic amines is 1. The highest BCUT2D eigenvalue weighted by Gasteiger charge is 2.16. The van der Waals surface area contributed by atoms with Gasteiger partial charge in [0, 0.05) is 56.5 Å². The van der Waals surface area contributed by atoms with E-state index >= 15 is 0 Å². The van der Waals surface area contributed by atoms with Gasteiger partial charge in [0.05, 0.1) is 17.2 Å². The third kappa shape index (κ3) is 5.31. The molecule has 180 valence electrons. The van der Waals surface area contributed by atoms with E-state index in [4.69, 9.17) is 4.98 Å². The number of anilines is 3. The highest BCUT2D eigenvalue weighted by molar-refractivity contribution is 5.95. The number of H-pyrrole nitrogens is 1. The average molecular weight is 472 g/mol. The lowest BCUT2D eigenvalue weighted by Crippen LogP contribution is -2.37. The number of hydrogen-bond acceptors (Lipinski definition) is 8. The van der Waals surface area contributed by atoms with Gasteiger partial charge in [-0.3, -0.25) is 4.79 Å². The molecule has 0 atom stereocenters. The molecule has 4 aromatic rings. The summed E-state index contributed by atoms with van der Waals surface area (Å²) in [7, 11) is 1.77. The molecule has 9 heteroatoms. The lowest BCUT2D eigenvalue weighted by atomic mass is 10.1. The SMILES string of the molecule is CNc1ncc(-c2cc3cc[nH]c(=O)c3c(Nc3ccc(CCN4CCC(O)CC4)cc3)n2)cn1. The Morgan fingerprint density at radius 2 is 1.86 bits per heavy atom. The molecule has 5 rings (SSSR count). The van der Waals surface area contributed by atoms with Gasteiger partial charge in [-0.2, -0.15) is 0 Å². The molecule has 1 saturated heterocycles. The molecule has 4 heterocycles. The summed E-state index contributed by atoms with van der Waals surface area (Å²) in [6.45, 7) is 2.89. The molecule has 0 bridgehead atoms. The topological polar surface area (TPSA) is 119 Å². The van der Waals surface area contributed by atoms with E-state index in [2.05, 4.69) is 42.6 Å². The van der Waals surface area contributed by atoms with Crippen molar-refractivity contribution in [3.8, 4) is 11.3 Å². The Hall–Kier alpha value is -3.82. The van der Waals surface area contributed by atoms with E-state index in [1.54, 1.807) is 25.6 Å². The molecule has 0 saturated carbocycles. The quantitative estimate of drug-likeness (QED) is 0.325. The second-order valence-electron chi connectivity index (χ2n) is 8.82. The van der Waals surface area contributed by atoms with Gasteiger partial charge in [-0.15, -0.1) is 0 Å². The molecule has 1 aliphatic rings. The minimum absolute atomic E-state index is 0.146. The van der Waals surface area contributed by atoms with Gasteiger partial charge in [-0.05, 0) is 54.5 Å². The summed E-state index contributed by atoms with van der Waals surface area (Å²) in [4.78, 5) is 31.1. The Balaban J connectivity index is 1.37. The fourth-order valence-corrected chi connectivity index (χ4v) is 4.36. The predicted octanol–water partition coefficient (Wildman–Crippen LogP) is 3.16. The number of aliphatic hydroxyl groups excluding tert-OH is 1. The van der Waals surface area contributed by atoms with Crippen molar-refractivity contribution < 1.29 is 5.11 Å². The van der Waals surface area contributed by atoms with Crippen molar-refractivity contribution in [1.82, 2.24) is 24.8 Å². The fourth-order valence-electron chi connectivity index (χ4n) is 4.36. The zero-order valence-electron chi connectivity index (χ0n) is 19.7. The van der Waals surface area contributed by atoms with Crippen LogP contribution in [0.4, 0.5) is 17.5 Å². The summed E-state index contributed by atoms with van der Waals surface area (Å²) in [5.74, 6) is 1.01. The Labute approximate surface area is 203 Å². The van der Waals surface area contributed by atoms with E-state index in [1.807, 2.05) is 24.3 Å². The van der Waals surface area contributed by atoms with Crippen molar-refractivity contribution in [3.05, 3.63) is 70.9 Å². The van der Waals surface area contributed by atoms with Crippen LogP contribution in [0.1, 0.15) is 18.4 Å². The number of aromatic nitrogens is 4. The zero-order chi connectivity index (χ0) is 24.2. The van der Waals surface area contributed by atoms with E-state index in [0.29, 0.717) is 22.8 Å². The molecule has 0 aliphatic carbocycles. The highest BCUT2D eigenvalue weighted by atomic mass is 16.3. The van der Waals surface area contributed by atoms with Gasteiger partial charge in [0.25, 0.3) is 5.56 Å². The van der Waals surface area contributed by atoms with Gasteiger partial charge in [0.2, 0.25) is 5.95 Å². The van der Waals surface area contributed by atoms with Crippen LogP contribution >= 0.6 is 0 Å². The Bertz CT molecular complexity index is 1350. The number of hydrogen-bond donors (Lipinski definition) is 4. The monoisotopic (exact) mass is 471 g/mol. The molecular formula is C26H29N7O2. The van der Waals surface area contributed by atoms with Crippen molar-refractivity contribution in [3.63, 3.8) is 0 Å². The molecule has 0 spiro atoms. The van der Waals surface area contributed by atoms with E-state index in [1.165, 1.54) is 5.56 Å². The number of benzene rings is 1. The molecule has 1 aliphatic heterocycles. The van der Waals surface area contributed by atoms with Crippen LogP contribution in [0.3, 0.4) is 0 Å². The summed E-state index contributed by atoms with van der Waals surface area (Å²) in [6.07, 6.45) is 7.57. The van der Waals surface area contributed by atoms with Crippen LogP contribution in [0.2, 0.25) is 0 Å². The first-order valence-corrected chi connectivity index (χ1v) is 11.9. The number of rotatable bonds is 7. The van der Waals surface area contributed by atoms with Crippen LogP contribution in [0.5, 0.6) is 0 Å². The highest BCUT2D eigenvalue weighted by Crippen LogP contribution is 2.27. The molecule has 3 aromatic heterocycles. The number of nitrogens with one attached hydrogen (secondary N) is 3. The molecule has 1 fully saturated rings. The van der Waals surface area contributed by atoms with Gasteiger partial charge in [-0.1, -0.05) is 12.1 Å². The van der Waals surface area contributed by atoms with Crippen molar-refractivity contribution >= 4 is 28.2 Å². The molecule has 1 aromatic carbocycles. The van der Waals surface area contributed by atoms with E-state index in [9.17, 15) is 9.90 Å². The second-order valence-corrected chi connectivity index (χ2v) is 8.82. The van der Waals surface area contributed by atoms with Crippen LogP contribution in [-0.2, 0) is 6.42 Å². The molecule has 0 unspecified atom stereocenters. The minimum Gasteiger partial charge on any atom is -0.393 e. The number of likely N-dealkylation sites (tertiary alicyclic amines) is 1. The van der Waals surface area contributed by atoms with Crippen LogP contribution in [0, 0.1) is 0 Å². The number of piperidine rings is 1. The standard InChI is InChI=1S/C26H29N7O2/c1-27-26-29-15-19(16-30-26)22-14-18-6-10-28-25(35)23(18)24(32-22)31-20-4-2-17(3-5-20)7-11-33-12-8-21(34)9-13-33/h2-6,10,14-16,21,34H,7-9,11-13H2,1H3,(H,28,35)(H,31,32)(H,27,29,30). The van der Waals surface area contributed by atoms with Gasteiger partial charge < -0.3 is 25.6 Å². The largest absolute Gasteiger partial charge is 0.393 e. The minimum atomic E-state index is -0.200. The molecule has 4 N–H and O–H groups in total. The summed E-state index contributed by atoms with van der Waals surface area (Å²) in [6, 6.07) is 12.0. The Morgan fingerprint density at radius 3 is 2.57 bits per heavy atom. The first-order chi connectivity index (χ1) is 17.1. The maximum Gasteiger partial charge on any atom is 0.259 e. The Kier molecular flexibility index (Phi) is 6.69. The molecule has 9 nitrogen and oxygen atoms in total. The lowest BCUT2D eigenvalue weighted by Gasteiger charge is -2.29. The normalized spacial score (nSPS) is 14.8. The zero-order valence-corrected chi connectivity index (χ0v) is 19.7. The Morgan fingerprint density at radius 1 is 1.11 bits per heavy atom. The molecule has 35 heavy (non-hydrogen) atoms. The number of nitrogens with zero attached hydrogens (tertiary/aromatic N) is 4. The number of fused-ring (bicyclic) bond motifs is 1. The number of aliphatic hydroxyl groups is 1. The lowest BCUT2D eigenvalue weighted by molar-refractivity contribution is 0.0832. The van der Waals surface area contributed by atoms with Crippen molar-refractivity contribution in [2.24, 2.45) is 0 Å². The summed E-state index contributed by atoms with van der Waals surface area (Å²) in [5.41, 5.74) is 3.33. The van der Waals surface area contributed by atoms with E-state index < -0.39 is 0 Å².